The van der Waals surface area contributed by atoms with E-state index in [0.29, 0.717) is 0 Å². The zero-order valence-corrected chi connectivity index (χ0v) is 11.5. The lowest BCUT2D eigenvalue weighted by Crippen LogP contribution is -2.22. The van der Waals surface area contributed by atoms with E-state index in [1.165, 1.54) is 6.42 Å². The summed E-state index contributed by atoms with van der Waals surface area (Å²) in [6, 6.07) is 7.96. The van der Waals surface area contributed by atoms with E-state index in [1.54, 1.807) is 0 Å². The van der Waals surface area contributed by atoms with Crippen molar-refractivity contribution in [1.82, 2.24) is 20.6 Å². The summed E-state index contributed by atoms with van der Waals surface area (Å²) in [5.74, 6) is 0. The Hall–Kier alpha value is -1.52. The number of hydrogen-bond acceptors (Lipinski definition) is 4. The molecule has 0 aliphatic heterocycles. The van der Waals surface area contributed by atoms with E-state index in [9.17, 15) is 0 Å². The highest BCUT2D eigenvalue weighted by Gasteiger charge is 1.98. The standard InChI is InChI=1S/C15H22N4/c1-2-8-16-9-5-10-17-11-13-12-18-14-6-3-4-7-15(14)19-13/h3-4,6-7,12,16-17H,2,5,8-11H2,1H3. The van der Waals surface area contributed by atoms with E-state index >= 15 is 0 Å². The van der Waals surface area contributed by atoms with Crippen LogP contribution in [-0.2, 0) is 6.54 Å². The van der Waals surface area contributed by atoms with Gasteiger partial charge in [0.25, 0.3) is 0 Å². The largest absolute Gasteiger partial charge is 0.317 e. The van der Waals surface area contributed by atoms with Crippen molar-refractivity contribution < 1.29 is 0 Å². The van der Waals surface area contributed by atoms with Crippen LogP contribution in [0.5, 0.6) is 0 Å². The van der Waals surface area contributed by atoms with Gasteiger partial charge in [0.1, 0.15) is 0 Å². The summed E-state index contributed by atoms with van der Waals surface area (Å²) >= 11 is 0. The summed E-state index contributed by atoms with van der Waals surface area (Å²) < 4.78 is 0. The third-order valence-corrected chi connectivity index (χ3v) is 2.94. The molecule has 1 aromatic carbocycles. The first-order valence-corrected chi connectivity index (χ1v) is 7.02. The van der Waals surface area contributed by atoms with Crippen molar-refractivity contribution in [2.45, 2.75) is 26.3 Å². The first kappa shape index (κ1) is 13.9. The molecule has 19 heavy (non-hydrogen) atoms. The van der Waals surface area contributed by atoms with Crippen molar-refractivity contribution >= 4 is 11.0 Å². The van der Waals surface area contributed by atoms with Crippen molar-refractivity contribution in [2.24, 2.45) is 0 Å². The maximum absolute atomic E-state index is 4.58. The molecule has 0 unspecified atom stereocenters. The van der Waals surface area contributed by atoms with Gasteiger partial charge >= 0.3 is 0 Å². The number of fused-ring (bicyclic) bond motifs is 1. The minimum atomic E-state index is 0.783. The molecule has 2 aromatic rings. The third kappa shape index (κ3) is 4.58. The Morgan fingerprint density at radius 3 is 2.63 bits per heavy atom. The van der Waals surface area contributed by atoms with Crippen molar-refractivity contribution in [1.29, 1.82) is 0 Å². The number of nitrogens with one attached hydrogen (secondary N) is 2. The van der Waals surface area contributed by atoms with Crippen LogP contribution >= 0.6 is 0 Å². The van der Waals surface area contributed by atoms with E-state index in [2.05, 4.69) is 27.5 Å². The molecule has 2 rings (SSSR count). The first-order chi connectivity index (χ1) is 9.40. The molecule has 0 atom stereocenters. The number of hydrogen-bond donors (Lipinski definition) is 2. The summed E-state index contributed by atoms with van der Waals surface area (Å²) in [7, 11) is 0. The smallest absolute Gasteiger partial charge is 0.0890 e. The lowest BCUT2D eigenvalue weighted by molar-refractivity contribution is 0.588. The van der Waals surface area contributed by atoms with Crippen LogP contribution < -0.4 is 10.6 Å². The quantitative estimate of drug-likeness (QED) is 0.712. The monoisotopic (exact) mass is 258 g/mol. The van der Waals surface area contributed by atoms with E-state index in [-0.39, 0.29) is 0 Å². The fourth-order valence-corrected chi connectivity index (χ4v) is 1.94. The van der Waals surface area contributed by atoms with Crippen LogP contribution in [0.25, 0.3) is 11.0 Å². The number of rotatable bonds is 8. The van der Waals surface area contributed by atoms with E-state index in [4.69, 9.17) is 0 Å². The second-order valence-corrected chi connectivity index (χ2v) is 4.63. The van der Waals surface area contributed by atoms with Gasteiger partial charge in [-0.2, -0.15) is 0 Å². The minimum absolute atomic E-state index is 0.783. The van der Waals surface area contributed by atoms with Gasteiger partial charge in [-0.3, -0.25) is 4.98 Å². The topological polar surface area (TPSA) is 49.8 Å². The number of aromatic nitrogens is 2. The van der Waals surface area contributed by atoms with Crippen molar-refractivity contribution in [3.63, 3.8) is 0 Å². The lowest BCUT2D eigenvalue weighted by atomic mass is 10.3. The highest BCUT2D eigenvalue weighted by atomic mass is 14.9. The van der Waals surface area contributed by atoms with Crippen LogP contribution in [0.1, 0.15) is 25.5 Å². The van der Waals surface area contributed by atoms with Crippen LogP contribution in [0, 0.1) is 0 Å². The van der Waals surface area contributed by atoms with Gasteiger partial charge in [-0.25, -0.2) is 4.98 Å². The minimum Gasteiger partial charge on any atom is -0.317 e. The van der Waals surface area contributed by atoms with Gasteiger partial charge < -0.3 is 10.6 Å². The maximum atomic E-state index is 4.58. The fourth-order valence-electron chi connectivity index (χ4n) is 1.94. The van der Waals surface area contributed by atoms with Crippen molar-refractivity contribution in [3.8, 4) is 0 Å². The molecule has 102 valence electrons. The Balaban J connectivity index is 1.72. The Morgan fingerprint density at radius 2 is 1.79 bits per heavy atom. The molecule has 0 saturated carbocycles. The molecule has 4 nitrogen and oxygen atoms in total. The van der Waals surface area contributed by atoms with Gasteiger partial charge in [0.05, 0.1) is 22.9 Å². The summed E-state index contributed by atoms with van der Waals surface area (Å²) in [5, 5.41) is 6.79. The van der Waals surface area contributed by atoms with Crippen LogP contribution in [0.3, 0.4) is 0 Å². The highest BCUT2D eigenvalue weighted by Crippen LogP contribution is 2.07. The number of para-hydroxylation sites is 2. The normalized spacial score (nSPS) is 11.0. The highest BCUT2D eigenvalue weighted by molar-refractivity contribution is 5.73. The molecule has 0 saturated heterocycles. The van der Waals surface area contributed by atoms with Gasteiger partial charge in [0.15, 0.2) is 0 Å². The zero-order chi connectivity index (χ0) is 13.3. The van der Waals surface area contributed by atoms with Gasteiger partial charge in [-0.05, 0) is 44.6 Å². The molecule has 0 fully saturated rings. The molecule has 2 N–H and O–H groups in total. The second-order valence-electron chi connectivity index (χ2n) is 4.63. The second kappa shape index (κ2) is 7.81. The zero-order valence-electron chi connectivity index (χ0n) is 11.5. The van der Waals surface area contributed by atoms with E-state index < -0.39 is 0 Å². The molecule has 1 heterocycles. The predicted molar refractivity (Wildman–Crippen MR) is 79.0 cm³/mol. The summed E-state index contributed by atoms with van der Waals surface area (Å²) in [5.41, 5.74) is 2.92. The molecule has 0 amide bonds. The van der Waals surface area contributed by atoms with Crippen molar-refractivity contribution in [3.05, 3.63) is 36.2 Å². The van der Waals surface area contributed by atoms with Crippen LogP contribution in [0.4, 0.5) is 0 Å². The van der Waals surface area contributed by atoms with Crippen molar-refractivity contribution in [2.75, 3.05) is 19.6 Å². The fraction of sp³-hybridized carbons (Fsp3) is 0.467. The molecular formula is C15H22N4. The predicted octanol–water partition coefficient (Wildman–Crippen LogP) is 2.11. The van der Waals surface area contributed by atoms with Crippen LogP contribution in [0.2, 0.25) is 0 Å². The average molecular weight is 258 g/mol. The molecule has 4 heteroatoms. The van der Waals surface area contributed by atoms with Gasteiger partial charge in [0.2, 0.25) is 0 Å². The Labute approximate surface area is 114 Å². The summed E-state index contributed by atoms with van der Waals surface area (Å²) in [6.45, 7) is 6.15. The molecule has 0 radical (unpaired) electrons. The average Bonchev–Trinajstić information content (AvgIpc) is 2.46. The molecule has 1 aromatic heterocycles. The summed E-state index contributed by atoms with van der Waals surface area (Å²) in [6.07, 6.45) is 4.19. The molecule has 0 aliphatic rings. The SMILES string of the molecule is CCCNCCCNCc1cnc2ccccc2n1. The molecule has 0 aliphatic carbocycles. The Kier molecular flexibility index (Phi) is 5.72. The van der Waals surface area contributed by atoms with E-state index in [0.717, 1.165) is 49.3 Å². The molecule has 0 spiro atoms. The first-order valence-electron chi connectivity index (χ1n) is 7.02. The molecule has 0 bridgehead atoms. The van der Waals surface area contributed by atoms with Crippen LogP contribution in [0.15, 0.2) is 30.5 Å². The maximum Gasteiger partial charge on any atom is 0.0890 e. The Morgan fingerprint density at radius 1 is 1.00 bits per heavy atom. The summed E-state index contributed by atoms with van der Waals surface area (Å²) in [4.78, 5) is 8.99. The van der Waals surface area contributed by atoms with Gasteiger partial charge in [-0.1, -0.05) is 19.1 Å². The number of benzene rings is 1. The van der Waals surface area contributed by atoms with Gasteiger partial charge in [-0.15, -0.1) is 0 Å². The lowest BCUT2D eigenvalue weighted by Gasteiger charge is -2.06. The molecular weight excluding hydrogens is 236 g/mol. The van der Waals surface area contributed by atoms with E-state index in [1.807, 2.05) is 30.5 Å². The van der Waals surface area contributed by atoms with Gasteiger partial charge in [0, 0.05) is 6.54 Å². The Bertz CT molecular complexity index is 498. The van der Waals surface area contributed by atoms with Crippen LogP contribution in [-0.4, -0.2) is 29.6 Å². The third-order valence-electron chi connectivity index (χ3n) is 2.94. The number of nitrogens with zero attached hydrogens (tertiary/aromatic N) is 2.